The Balaban J connectivity index is 3.01. The Morgan fingerprint density at radius 2 is 2.12 bits per heavy atom. The van der Waals surface area contributed by atoms with Crippen molar-refractivity contribution in [2.24, 2.45) is 5.73 Å². The van der Waals surface area contributed by atoms with E-state index in [1.807, 2.05) is 0 Å². The Morgan fingerprint density at radius 3 is 2.62 bits per heavy atom. The van der Waals surface area contributed by atoms with Gasteiger partial charge >= 0.3 is 0 Å². The molecule has 1 rings (SSSR count). The van der Waals surface area contributed by atoms with E-state index in [0.29, 0.717) is 0 Å². The lowest BCUT2D eigenvalue weighted by molar-refractivity contribution is 0.0955. The van der Waals surface area contributed by atoms with Crippen molar-refractivity contribution in [1.29, 1.82) is 0 Å². The Hall–Kier alpha value is -1.42. The Kier molecular flexibility index (Phi) is 3.65. The van der Waals surface area contributed by atoms with Crippen molar-refractivity contribution in [3.05, 3.63) is 29.6 Å². The zero-order chi connectivity index (χ0) is 12.3. The molecular formula is C12H16FNO2. The minimum absolute atomic E-state index is 0.0258. The highest BCUT2D eigenvalue weighted by atomic mass is 19.1. The SMILES string of the molecule is COc1cccc(C(=O)CC(C)(C)N)c1F. The first-order valence-corrected chi connectivity index (χ1v) is 5.00. The van der Waals surface area contributed by atoms with E-state index in [-0.39, 0.29) is 23.5 Å². The van der Waals surface area contributed by atoms with Crippen LogP contribution in [0, 0.1) is 5.82 Å². The number of ketones is 1. The van der Waals surface area contributed by atoms with Gasteiger partial charge in [0.15, 0.2) is 17.3 Å². The number of hydrogen-bond donors (Lipinski definition) is 1. The Bertz CT molecular complexity index is 396. The van der Waals surface area contributed by atoms with E-state index in [2.05, 4.69) is 0 Å². The third-order valence-corrected chi connectivity index (χ3v) is 2.10. The second kappa shape index (κ2) is 4.61. The van der Waals surface area contributed by atoms with E-state index in [4.69, 9.17) is 10.5 Å². The lowest BCUT2D eigenvalue weighted by atomic mass is 9.95. The molecule has 0 aliphatic rings. The van der Waals surface area contributed by atoms with Crippen molar-refractivity contribution >= 4 is 5.78 Å². The number of methoxy groups -OCH3 is 1. The monoisotopic (exact) mass is 225 g/mol. The maximum atomic E-state index is 13.7. The fourth-order valence-electron chi connectivity index (χ4n) is 1.39. The van der Waals surface area contributed by atoms with E-state index >= 15 is 0 Å². The highest BCUT2D eigenvalue weighted by Crippen LogP contribution is 2.22. The second-order valence-electron chi connectivity index (χ2n) is 4.41. The van der Waals surface area contributed by atoms with Crippen LogP contribution in [0.3, 0.4) is 0 Å². The molecule has 0 amide bonds. The first-order valence-electron chi connectivity index (χ1n) is 5.00. The normalized spacial score (nSPS) is 11.3. The van der Waals surface area contributed by atoms with Crippen molar-refractivity contribution in [2.75, 3.05) is 7.11 Å². The number of ether oxygens (including phenoxy) is 1. The van der Waals surface area contributed by atoms with Gasteiger partial charge in [-0.2, -0.15) is 0 Å². The van der Waals surface area contributed by atoms with Crippen LogP contribution in [0.4, 0.5) is 4.39 Å². The zero-order valence-corrected chi connectivity index (χ0v) is 9.71. The number of carbonyl (C=O) groups is 1. The summed E-state index contributed by atoms with van der Waals surface area (Å²) in [6.07, 6.45) is 0.0943. The van der Waals surface area contributed by atoms with E-state index in [1.165, 1.54) is 19.2 Å². The number of halogens is 1. The summed E-state index contributed by atoms with van der Waals surface area (Å²) in [7, 11) is 1.36. The van der Waals surface area contributed by atoms with Crippen LogP contribution >= 0.6 is 0 Å². The molecule has 0 aromatic heterocycles. The summed E-state index contributed by atoms with van der Waals surface area (Å²) in [6.45, 7) is 3.45. The largest absolute Gasteiger partial charge is 0.494 e. The van der Waals surface area contributed by atoms with Gasteiger partial charge in [-0.1, -0.05) is 6.07 Å². The fraction of sp³-hybridized carbons (Fsp3) is 0.417. The molecule has 1 aromatic carbocycles. The Labute approximate surface area is 94.4 Å². The molecule has 88 valence electrons. The molecule has 0 saturated carbocycles. The third-order valence-electron chi connectivity index (χ3n) is 2.10. The molecule has 0 heterocycles. The molecule has 0 atom stereocenters. The van der Waals surface area contributed by atoms with Gasteiger partial charge in [-0.25, -0.2) is 4.39 Å². The fourth-order valence-corrected chi connectivity index (χ4v) is 1.39. The van der Waals surface area contributed by atoms with Crippen molar-refractivity contribution < 1.29 is 13.9 Å². The number of nitrogens with two attached hydrogens (primary N) is 1. The zero-order valence-electron chi connectivity index (χ0n) is 9.71. The van der Waals surface area contributed by atoms with Crippen LogP contribution in [0.1, 0.15) is 30.6 Å². The quantitative estimate of drug-likeness (QED) is 0.799. The molecule has 1 aromatic rings. The summed E-state index contributed by atoms with van der Waals surface area (Å²) >= 11 is 0. The summed E-state index contributed by atoms with van der Waals surface area (Å²) in [5, 5.41) is 0. The van der Waals surface area contributed by atoms with Gasteiger partial charge < -0.3 is 10.5 Å². The molecule has 0 spiro atoms. The standard InChI is InChI=1S/C12H16FNO2/c1-12(2,14)7-9(15)8-5-4-6-10(16-3)11(8)13/h4-6H,7,14H2,1-3H3. The van der Waals surface area contributed by atoms with Gasteiger partial charge in [0, 0.05) is 12.0 Å². The lowest BCUT2D eigenvalue weighted by Crippen LogP contribution is -2.34. The number of hydrogen-bond acceptors (Lipinski definition) is 3. The Morgan fingerprint density at radius 1 is 1.50 bits per heavy atom. The second-order valence-corrected chi connectivity index (χ2v) is 4.41. The lowest BCUT2D eigenvalue weighted by Gasteiger charge is -2.17. The molecule has 0 saturated heterocycles. The van der Waals surface area contributed by atoms with Gasteiger partial charge in [-0.3, -0.25) is 4.79 Å². The van der Waals surface area contributed by atoms with Gasteiger partial charge in [0.1, 0.15) is 0 Å². The molecular weight excluding hydrogens is 209 g/mol. The molecule has 4 heteroatoms. The van der Waals surface area contributed by atoms with Crippen LogP contribution in [-0.4, -0.2) is 18.4 Å². The van der Waals surface area contributed by atoms with Crippen molar-refractivity contribution in [3.63, 3.8) is 0 Å². The van der Waals surface area contributed by atoms with Crippen LogP contribution < -0.4 is 10.5 Å². The summed E-state index contributed by atoms with van der Waals surface area (Å²) in [4.78, 5) is 11.8. The highest BCUT2D eigenvalue weighted by molar-refractivity contribution is 5.97. The van der Waals surface area contributed by atoms with Crippen molar-refractivity contribution in [1.82, 2.24) is 0 Å². The number of carbonyl (C=O) groups excluding carboxylic acids is 1. The molecule has 0 fully saturated rings. The molecule has 0 radical (unpaired) electrons. The summed E-state index contributed by atoms with van der Waals surface area (Å²) in [5.74, 6) is -0.871. The number of Topliss-reactive ketones (excluding diaryl/α,β-unsaturated/α-hetero) is 1. The summed E-state index contributed by atoms with van der Waals surface area (Å²) in [5.41, 5.74) is 5.10. The van der Waals surface area contributed by atoms with Gasteiger partial charge in [0.2, 0.25) is 0 Å². The van der Waals surface area contributed by atoms with Crippen LogP contribution in [0.25, 0.3) is 0 Å². The maximum absolute atomic E-state index is 13.7. The van der Waals surface area contributed by atoms with Crippen LogP contribution in [-0.2, 0) is 0 Å². The molecule has 0 aliphatic heterocycles. The average Bonchev–Trinajstić information content (AvgIpc) is 2.15. The molecule has 3 nitrogen and oxygen atoms in total. The number of rotatable bonds is 4. The molecule has 16 heavy (non-hydrogen) atoms. The maximum Gasteiger partial charge on any atom is 0.175 e. The first-order chi connectivity index (χ1) is 7.35. The van der Waals surface area contributed by atoms with Crippen LogP contribution in [0.15, 0.2) is 18.2 Å². The van der Waals surface area contributed by atoms with Gasteiger partial charge in [0.05, 0.1) is 12.7 Å². The predicted octanol–water partition coefficient (Wildman–Crippen LogP) is 2.14. The van der Waals surface area contributed by atoms with E-state index in [0.717, 1.165) is 0 Å². The van der Waals surface area contributed by atoms with Gasteiger partial charge in [-0.05, 0) is 26.0 Å². The minimum Gasteiger partial charge on any atom is -0.494 e. The van der Waals surface area contributed by atoms with Crippen molar-refractivity contribution in [2.45, 2.75) is 25.8 Å². The van der Waals surface area contributed by atoms with Crippen LogP contribution in [0.2, 0.25) is 0 Å². The summed E-state index contributed by atoms with van der Waals surface area (Å²) in [6, 6.07) is 4.49. The molecule has 0 bridgehead atoms. The predicted molar refractivity (Wildman–Crippen MR) is 60.2 cm³/mol. The van der Waals surface area contributed by atoms with E-state index in [9.17, 15) is 9.18 Å². The number of benzene rings is 1. The topological polar surface area (TPSA) is 52.3 Å². The van der Waals surface area contributed by atoms with Crippen molar-refractivity contribution in [3.8, 4) is 5.75 Å². The van der Waals surface area contributed by atoms with E-state index < -0.39 is 11.4 Å². The summed E-state index contributed by atoms with van der Waals surface area (Å²) < 4.78 is 18.5. The smallest absolute Gasteiger partial charge is 0.175 e. The highest BCUT2D eigenvalue weighted by Gasteiger charge is 2.21. The minimum atomic E-state index is -0.646. The first kappa shape index (κ1) is 12.6. The molecule has 0 aliphatic carbocycles. The third kappa shape index (κ3) is 3.03. The van der Waals surface area contributed by atoms with E-state index in [1.54, 1.807) is 19.9 Å². The average molecular weight is 225 g/mol. The van der Waals surface area contributed by atoms with Crippen LogP contribution in [0.5, 0.6) is 5.75 Å². The van der Waals surface area contributed by atoms with Gasteiger partial charge in [0.25, 0.3) is 0 Å². The molecule has 0 unspecified atom stereocenters. The molecule has 2 N–H and O–H groups in total. The van der Waals surface area contributed by atoms with Gasteiger partial charge in [-0.15, -0.1) is 0 Å².